The van der Waals surface area contributed by atoms with E-state index in [0.717, 1.165) is 24.3 Å². The van der Waals surface area contributed by atoms with Gasteiger partial charge in [0.05, 0.1) is 0 Å². The predicted octanol–water partition coefficient (Wildman–Crippen LogP) is 18.0. The maximum atomic E-state index is 7.77. The van der Waals surface area contributed by atoms with Crippen LogP contribution in [0.1, 0.15) is 212 Å². The van der Waals surface area contributed by atoms with Crippen molar-refractivity contribution in [1.82, 2.24) is 0 Å². The first-order valence-electron chi connectivity index (χ1n) is 29.4. The van der Waals surface area contributed by atoms with Crippen LogP contribution in [-0.4, -0.2) is 6.71 Å². The molecule has 7 aliphatic rings. The van der Waals surface area contributed by atoms with E-state index in [1.165, 1.54) is 164 Å². The summed E-state index contributed by atoms with van der Waals surface area (Å²) in [5, 5.41) is 1.29. The maximum absolute atomic E-state index is 7.77. The first kappa shape index (κ1) is 49.1. The van der Waals surface area contributed by atoms with E-state index in [-0.39, 0.29) is 44.6 Å². The molecule has 4 heteroatoms. The van der Waals surface area contributed by atoms with Crippen LogP contribution in [-0.2, 0) is 44.3 Å². The molecule has 1 fully saturated rings. The molecule has 1 saturated carbocycles. The lowest BCUT2D eigenvalue weighted by molar-refractivity contribution is 0.188. The third-order valence-corrected chi connectivity index (χ3v) is 21.4. The van der Waals surface area contributed by atoms with Gasteiger partial charge in [0.15, 0.2) is 0 Å². The summed E-state index contributed by atoms with van der Waals surface area (Å²) in [7, 11) is 0. The maximum Gasteiger partial charge on any atom is 0.257 e. The van der Waals surface area contributed by atoms with Gasteiger partial charge >= 0.3 is 0 Å². The fraction of sp³-hybridized carbons (Fsp3) is 0.465. The van der Waals surface area contributed by atoms with Crippen molar-refractivity contribution in [3.05, 3.63) is 148 Å². The van der Waals surface area contributed by atoms with Crippen molar-refractivity contribution in [2.24, 2.45) is 0 Å². The summed E-state index contributed by atoms with van der Waals surface area (Å²) in [6, 6.07) is 41.9. The molecule has 0 atom stereocenters. The second-order valence-electron chi connectivity index (χ2n) is 28.6. The zero-order chi connectivity index (χ0) is 52.6. The quantitative estimate of drug-likeness (QED) is 0.141. The Morgan fingerprint density at radius 1 is 0.507 bits per heavy atom. The van der Waals surface area contributed by atoms with Gasteiger partial charge < -0.3 is 9.32 Å². The fourth-order valence-corrected chi connectivity index (χ4v) is 16.0. The zero-order valence-electron chi connectivity index (χ0n) is 48.2. The summed E-state index contributed by atoms with van der Waals surface area (Å²) in [5.74, 6) is 0.986. The van der Waals surface area contributed by atoms with Gasteiger partial charge in [-0.05, 0) is 223 Å². The topological polar surface area (TPSA) is 19.6 Å². The third kappa shape index (κ3) is 7.18. The molecule has 3 heterocycles. The summed E-state index contributed by atoms with van der Waals surface area (Å²) >= 11 is 0. The van der Waals surface area contributed by atoms with Crippen molar-refractivity contribution >= 4 is 68.4 Å². The number of aryl methyl sites for hydroxylation is 1. The van der Waals surface area contributed by atoms with Crippen LogP contribution < -0.4 is 26.2 Å². The van der Waals surface area contributed by atoms with Crippen molar-refractivity contribution in [2.45, 2.75) is 212 Å². The molecular weight excluding hydrogens is 908 g/mol. The lowest BCUT2D eigenvalue weighted by atomic mass is 9.33. The van der Waals surface area contributed by atoms with Crippen molar-refractivity contribution < 1.29 is 4.42 Å². The highest BCUT2D eigenvalue weighted by molar-refractivity contribution is 7.01. The Bertz CT molecular complexity index is 3500. The van der Waals surface area contributed by atoms with Gasteiger partial charge in [-0.3, -0.25) is 4.90 Å². The first-order chi connectivity index (χ1) is 35.5. The SMILES string of the molecule is CCCCC(C)(C)c1ccc(N2c3cc4c(cc3B3c5c2cc(-c2ccccc2)cc5N(c2ccc5c(c2)C(C)(C)CCC5(C)C)c2oc5cc6c(cc5c23)C2(C)CCC6(C)CC2)C(C)(C)CCC4(C)C)cc1CC. The molecule has 0 radical (unpaired) electrons. The van der Waals surface area contributed by atoms with E-state index >= 15 is 0 Å². The van der Waals surface area contributed by atoms with Crippen LogP contribution in [0.4, 0.5) is 34.3 Å². The van der Waals surface area contributed by atoms with Crippen molar-refractivity contribution in [2.75, 3.05) is 9.80 Å². The molecule has 0 amide bonds. The average Bonchev–Trinajstić information content (AvgIpc) is 3.78. The second kappa shape index (κ2) is 16.3. The van der Waals surface area contributed by atoms with Gasteiger partial charge in [-0.15, -0.1) is 0 Å². The van der Waals surface area contributed by atoms with E-state index in [2.05, 4.69) is 210 Å². The fourth-order valence-electron chi connectivity index (χ4n) is 16.0. The molecule has 3 nitrogen and oxygen atoms in total. The van der Waals surface area contributed by atoms with Crippen LogP contribution in [0.2, 0.25) is 0 Å². The third-order valence-electron chi connectivity index (χ3n) is 21.4. The minimum Gasteiger partial charge on any atom is -0.440 e. The number of unbranched alkanes of at least 4 members (excludes halogenated alkanes) is 1. The van der Waals surface area contributed by atoms with Crippen molar-refractivity contribution in [3.63, 3.8) is 0 Å². The van der Waals surface area contributed by atoms with Crippen molar-refractivity contribution in [3.8, 4) is 11.1 Å². The monoisotopic (exact) mass is 991 g/mol. The lowest BCUT2D eigenvalue weighted by Gasteiger charge is -2.52. The van der Waals surface area contributed by atoms with Gasteiger partial charge in [0.2, 0.25) is 5.88 Å². The molecule has 0 saturated heterocycles. The lowest BCUT2D eigenvalue weighted by Crippen LogP contribution is -2.61. The molecule has 1 aromatic heterocycles. The summed E-state index contributed by atoms with van der Waals surface area (Å²) in [6.07, 6.45) is 14.3. The number of benzene rings is 6. The smallest absolute Gasteiger partial charge is 0.257 e. The average molecular weight is 991 g/mol. The number of nitrogens with zero attached hydrogens (tertiary/aromatic N) is 2. The normalized spacial score (nSPS) is 23.0. The summed E-state index contributed by atoms with van der Waals surface area (Å²) in [6.45, 7) is 34.6. The minimum atomic E-state index is -0.0576. The molecule has 2 bridgehead atoms. The summed E-state index contributed by atoms with van der Waals surface area (Å²) < 4.78 is 7.77. The molecule has 2 aliphatic heterocycles. The highest BCUT2D eigenvalue weighted by atomic mass is 16.4. The molecule has 6 aromatic carbocycles. The van der Waals surface area contributed by atoms with E-state index in [0.29, 0.717) is 0 Å². The summed E-state index contributed by atoms with van der Waals surface area (Å²) in [4.78, 5) is 5.32. The van der Waals surface area contributed by atoms with Crippen LogP contribution in [0, 0.1) is 0 Å². The minimum absolute atomic E-state index is 0.0279. The van der Waals surface area contributed by atoms with Gasteiger partial charge in [0, 0.05) is 39.3 Å². The van der Waals surface area contributed by atoms with Crippen LogP contribution in [0.15, 0.2) is 108 Å². The van der Waals surface area contributed by atoms with Gasteiger partial charge in [0.25, 0.3) is 6.71 Å². The van der Waals surface area contributed by atoms with Crippen LogP contribution >= 0.6 is 0 Å². The molecule has 75 heavy (non-hydrogen) atoms. The molecule has 5 aliphatic carbocycles. The Morgan fingerprint density at radius 2 is 1.07 bits per heavy atom. The Hall–Kier alpha value is -5.48. The van der Waals surface area contributed by atoms with Gasteiger partial charge in [0.1, 0.15) is 5.58 Å². The zero-order valence-corrected chi connectivity index (χ0v) is 48.2. The molecule has 0 N–H and O–H groups in total. The number of furan rings is 1. The van der Waals surface area contributed by atoms with Crippen LogP contribution in [0.3, 0.4) is 0 Å². The van der Waals surface area contributed by atoms with E-state index in [4.69, 9.17) is 4.42 Å². The molecule has 0 spiro atoms. The van der Waals surface area contributed by atoms with E-state index in [1.807, 2.05) is 0 Å². The van der Waals surface area contributed by atoms with Crippen LogP contribution in [0.5, 0.6) is 0 Å². The molecular formula is C71H83BN2O. The Morgan fingerprint density at radius 3 is 1.69 bits per heavy atom. The Balaban J connectivity index is 1.17. The molecule has 0 unspecified atom stereocenters. The Labute approximate surface area is 451 Å². The number of rotatable bonds is 8. The number of hydrogen-bond donors (Lipinski definition) is 0. The molecule has 14 rings (SSSR count). The second-order valence-corrected chi connectivity index (χ2v) is 28.6. The van der Waals surface area contributed by atoms with E-state index in [1.54, 1.807) is 5.56 Å². The number of fused-ring (bicyclic) bond motifs is 10. The van der Waals surface area contributed by atoms with E-state index < -0.39 is 0 Å². The van der Waals surface area contributed by atoms with E-state index in [9.17, 15) is 0 Å². The first-order valence-corrected chi connectivity index (χ1v) is 29.4. The highest BCUT2D eigenvalue weighted by Crippen LogP contribution is 2.59. The Kier molecular flexibility index (Phi) is 10.7. The molecule has 386 valence electrons. The largest absolute Gasteiger partial charge is 0.440 e. The number of hydrogen-bond acceptors (Lipinski definition) is 3. The van der Waals surface area contributed by atoms with Gasteiger partial charge in [-0.2, -0.15) is 0 Å². The van der Waals surface area contributed by atoms with Gasteiger partial charge in [-0.1, -0.05) is 158 Å². The van der Waals surface area contributed by atoms with Crippen molar-refractivity contribution in [1.29, 1.82) is 0 Å². The predicted molar refractivity (Wildman–Crippen MR) is 321 cm³/mol. The summed E-state index contributed by atoms with van der Waals surface area (Å²) in [5.41, 5.74) is 26.4. The van der Waals surface area contributed by atoms with Crippen LogP contribution in [0.25, 0.3) is 22.1 Å². The highest BCUT2D eigenvalue weighted by Gasteiger charge is 2.52. The number of anilines is 6. The standard InChI is InChI=1S/C71H83BN2O/c1-15-17-27-65(3,4)50-25-23-47(36-44(50)16-2)73-58-42-54-53(68(9,10)30-31-69(54,11)12)41-57(58)72-62-49-40-55-56(71(14)34-32-70(55,13)33-35-71)43-61(49)75-64(62)74(48-24-26-51-52(39-48)67(7,8)29-28-66(51,5)6)60-38-46(37-59(73)63(60)72)45-21-19-18-20-22-45/h18-26,36-43H,15-17,27-35H2,1-14H3. The molecule has 7 aromatic rings. The van der Waals surface area contributed by atoms with Gasteiger partial charge in [-0.25, -0.2) is 0 Å².